The van der Waals surface area contributed by atoms with Crippen molar-refractivity contribution in [3.8, 4) is 0 Å². The molecule has 1 N–H and O–H groups in total. The SMILES string of the molecule is CCC=CCC=CCC=CCCCCCCCC(=O)OCC(CNc1ccccc1)OC(=O)CCCCCCCC=CCC=CCC=CCC. The lowest BCUT2D eigenvalue weighted by molar-refractivity contribution is -0.158. The van der Waals surface area contributed by atoms with Crippen LogP contribution in [0.15, 0.2) is 103 Å². The normalized spacial score (nSPS) is 12.8. The molecular formula is C45H69NO4. The van der Waals surface area contributed by atoms with Gasteiger partial charge in [-0.1, -0.05) is 143 Å². The maximum atomic E-state index is 12.7. The number of unbranched alkanes of at least 4 members (excludes halogenated alkanes) is 10. The first-order chi connectivity index (χ1) is 24.7. The third-order valence-electron chi connectivity index (χ3n) is 8.10. The predicted molar refractivity (Wildman–Crippen MR) is 214 cm³/mol. The largest absolute Gasteiger partial charge is 0.462 e. The zero-order chi connectivity index (χ0) is 36.0. The van der Waals surface area contributed by atoms with Crippen molar-refractivity contribution < 1.29 is 19.1 Å². The lowest BCUT2D eigenvalue weighted by Crippen LogP contribution is -2.31. The Kier molecular flexibility index (Phi) is 31.3. The number of ether oxygens (including phenoxy) is 2. The zero-order valence-corrected chi connectivity index (χ0v) is 31.6. The molecule has 1 aromatic carbocycles. The highest BCUT2D eigenvalue weighted by atomic mass is 16.6. The van der Waals surface area contributed by atoms with Gasteiger partial charge in [0.2, 0.25) is 0 Å². The fourth-order valence-electron chi connectivity index (χ4n) is 5.20. The Balaban J connectivity index is 2.20. The van der Waals surface area contributed by atoms with Crippen LogP contribution in [0.2, 0.25) is 0 Å². The number of hydrogen-bond donors (Lipinski definition) is 1. The van der Waals surface area contributed by atoms with Crippen LogP contribution >= 0.6 is 0 Å². The average Bonchev–Trinajstić information content (AvgIpc) is 3.13. The second kappa shape index (κ2) is 35.2. The molecule has 5 nitrogen and oxygen atoms in total. The third-order valence-corrected chi connectivity index (χ3v) is 8.10. The van der Waals surface area contributed by atoms with E-state index in [1.165, 1.54) is 25.7 Å². The number of para-hydroxylation sites is 1. The second-order valence-corrected chi connectivity index (χ2v) is 12.7. The molecule has 1 unspecified atom stereocenters. The summed E-state index contributed by atoms with van der Waals surface area (Å²) in [7, 11) is 0. The number of esters is 2. The Bertz CT molecular complexity index is 1120. The Morgan fingerprint density at radius 3 is 1.52 bits per heavy atom. The van der Waals surface area contributed by atoms with Crippen molar-refractivity contribution >= 4 is 17.6 Å². The van der Waals surface area contributed by atoms with Gasteiger partial charge in [-0.2, -0.15) is 0 Å². The molecule has 5 heteroatoms. The number of allylic oxidation sites excluding steroid dienone is 12. The van der Waals surface area contributed by atoms with Crippen LogP contribution in [0.1, 0.15) is 142 Å². The molecule has 0 heterocycles. The molecule has 0 bridgehead atoms. The van der Waals surface area contributed by atoms with E-state index >= 15 is 0 Å². The van der Waals surface area contributed by atoms with Gasteiger partial charge in [0.05, 0.1) is 6.54 Å². The van der Waals surface area contributed by atoms with Crippen molar-refractivity contribution in [2.24, 2.45) is 0 Å². The number of nitrogens with one attached hydrogen (secondary N) is 1. The van der Waals surface area contributed by atoms with Gasteiger partial charge in [0, 0.05) is 18.5 Å². The van der Waals surface area contributed by atoms with Gasteiger partial charge in [0.15, 0.2) is 6.10 Å². The molecule has 1 atom stereocenters. The minimum Gasteiger partial charge on any atom is -0.462 e. The fourth-order valence-corrected chi connectivity index (χ4v) is 5.20. The van der Waals surface area contributed by atoms with Crippen molar-refractivity contribution in [2.45, 2.75) is 148 Å². The number of hydrogen-bond acceptors (Lipinski definition) is 5. The maximum absolute atomic E-state index is 12.7. The molecule has 0 saturated carbocycles. The molecule has 0 spiro atoms. The van der Waals surface area contributed by atoms with Crippen LogP contribution in [0.4, 0.5) is 5.69 Å². The van der Waals surface area contributed by atoms with Crippen LogP contribution in [0, 0.1) is 0 Å². The van der Waals surface area contributed by atoms with Crippen LogP contribution < -0.4 is 5.32 Å². The third kappa shape index (κ3) is 30.5. The highest BCUT2D eigenvalue weighted by Crippen LogP contribution is 2.12. The van der Waals surface area contributed by atoms with E-state index in [0.29, 0.717) is 19.4 Å². The van der Waals surface area contributed by atoms with Gasteiger partial charge in [0.1, 0.15) is 6.61 Å². The molecule has 0 radical (unpaired) electrons. The molecule has 278 valence electrons. The van der Waals surface area contributed by atoms with Crippen molar-refractivity contribution in [2.75, 3.05) is 18.5 Å². The monoisotopic (exact) mass is 688 g/mol. The number of benzene rings is 1. The molecule has 1 rings (SSSR count). The summed E-state index contributed by atoms with van der Waals surface area (Å²) in [5.41, 5.74) is 0.939. The van der Waals surface area contributed by atoms with E-state index in [1.54, 1.807) is 0 Å². The molecule has 50 heavy (non-hydrogen) atoms. The molecular weight excluding hydrogens is 618 g/mol. The zero-order valence-electron chi connectivity index (χ0n) is 31.6. The highest BCUT2D eigenvalue weighted by molar-refractivity contribution is 5.70. The van der Waals surface area contributed by atoms with E-state index in [2.05, 4.69) is 92.1 Å². The summed E-state index contributed by atoms with van der Waals surface area (Å²) >= 11 is 0. The molecule has 0 fully saturated rings. The molecule has 0 aliphatic heterocycles. The van der Waals surface area contributed by atoms with Crippen LogP contribution in [0.5, 0.6) is 0 Å². The van der Waals surface area contributed by atoms with Crippen molar-refractivity contribution in [3.63, 3.8) is 0 Å². The average molecular weight is 688 g/mol. The minimum atomic E-state index is -0.525. The smallest absolute Gasteiger partial charge is 0.306 e. The first-order valence-electron chi connectivity index (χ1n) is 19.7. The number of anilines is 1. The Hall–Kier alpha value is -3.60. The van der Waals surface area contributed by atoms with E-state index in [9.17, 15) is 9.59 Å². The summed E-state index contributed by atoms with van der Waals surface area (Å²) in [6.07, 6.45) is 46.0. The summed E-state index contributed by atoms with van der Waals surface area (Å²) in [4.78, 5) is 25.1. The summed E-state index contributed by atoms with van der Waals surface area (Å²) in [6.45, 7) is 4.77. The lowest BCUT2D eigenvalue weighted by Gasteiger charge is -2.19. The molecule has 0 aliphatic rings. The van der Waals surface area contributed by atoms with E-state index in [4.69, 9.17) is 9.47 Å². The Morgan fingerprint density at radius 2 is 1.00 bits per heavy atom. The fraction of sp³-hybridized carbons (Fsp3) is 0.556. The topological polar surface area (TPSA) is 64.6 Å². The summed E-state index contributed by atoms with van der Waals surface area (Å²) in [5, 5.41) is 3.30. The molecule has 0 saturated heterocycles. The number of carbonyl (C=O) groups excluding carboxylic acids is 2. The first-order valence-corrected chi connectivity index (χ1v) is 19.7. The molecule has 0 aromatic heterocycles. The van der Waals surface area contributed by atoms with Gasteiger partial charge in [-0.3, -0.25) is 9.59 Å². The molecule has 1 aromatic rings. The first kappa shape index (κ1) is 44.4. The van der Waals surface area contributed by atoms with Gasteiger partial charge in [-0.25, -0.2) is 0 Å². The minimum absolute atomic E-state index is 0.0700. The van der Waals surface area contributed by atoms with Crippen molar-refractivity contribution in [1.29, 1.82) is 0 Å². The Labute approximate surface area is 306 Å². The van der Waals surface area contributed by atoms with E-state index in [0.717, 1.165) is 95.6 Å². The van der Waals surface area contributed by atoms with Gasteiger partial charge >= 0.3 is 11.9 Å². The maximum Gasteiger partial charge on any atom is 0.306 e. The van der Waals surface area contributed by atoms with E-state index in [1.807, 2.05) is 30.3 Å². The highest BCUT2D eigenvalue weighted by Gasteiger charge is 2.17. The second-order valence-electron chi connectivity index (χ2n) is 12.7. The van der Waals surface area contributed by atoms with Crippen LogP contribution in [0.25, 0.3) is 0 Å². The number of carbonyl (C=O) groups is 2. The summed E-state index contributed by atoms with van der Waals surface area (Å²) in [5.74, 6) is -0.452. The Morgan fingerprint density at radius 1 is 0.560 bits per heavy atom. The summed E-state index contributed by atoms with van der Waals surface area (Å²) in [6, 6.07) is 9.80. The standard InChI is InChI=1S/C45H69NO4/c1-3-5-7-9-11-13-15-17-19-21-23-25-27-29-34-38-44(47)49-41-43(40-46-42-36-32-31-33-37-42)50-45(48)39-35-30-28-26-24-22-20-18-16-14-12-10-8-6-4-2/h5-8,11-14,17-20,31-33,36-37,43,46H,3-4,9-10,15-16,21-30,34-35,38-41H2,1-2H3. The van der Waals surface area contributed by atoms with Crippen molar-refractivity contribution in [1.82, 2.24) is 0 Å². The molecule has 0 aliphatic carbocycles. The predicted octanol–water partition coefficient (Wildman–Crippen LogP) is 12.7. The number of rotatable bonds is 32. The van der Waals surface area contributed by atoms with Crippen LogP contribution in [0.3, 0.4) is 0 Å². The summed E-state index contributed by atoms with van der Waals surface area (Å²) < 4.78 is 11.3. The van der Waals surface area contributed by atoms with Crippen LogP contribution in [-0.2, 0) is 19.1 Å². The van der Waals surface area contributed by atoms with Crippen LogP contribution in [-0.4, -0.2) is 31.2 Å². The van der Waals surface area contributed by atoms with Gasteiger partial charge in [0.25, 0.3) is 0 Å². The van der Waals surface area contributed by atoms with Gasteiger partial charge in [-0.05, 0) is 89.2 Å². The van der Waals surface area contributed by atoms with Gasteiger partial charge < -0.3 is 14.8 Å². The van der Waals surface area contributed by atoms with E-state index in [-0.39, 0.29) is 18.5 Å². The molecule has 0 amide bonds. The van der Waals surface area contributed by atoms with Gasteiger partial charge in [-0.15, -0.1) is 0 Å². The van der Waals surface area contributed by atoms with E-state index < -0.39 is 6.10 Å². The van der Waals surface area contributed by atoms with Crippen molar-refractivity contribution in [3.05, 3.63) is 103 Å². The quantitative estimate of drug-likeness (QED) is 0.0464. The lowest BCUT2D eigenvalue weighted by atomic mass is 10.1.